The molecule has 1 aromatic carbocycles. The fourth-order valence-corrected chi connectivity index (χ4v) is 2.37. The van der Waals surface area contributed by atoms with Crippen LogP contribution >= 0.6 is 11.3 Å². The van der Waals surface area contributed by atoms with Crippen LogP contribution < -0.4 is 5.73 Å². The molecule has 16 heavy (non-hydrogen) atoms. The summed E-state index contributed by atoms with van der Waals surface area (Å²) >= 11 is 1.50. The van der Waals surface area contributed by atoms with E-state index < -0.39 is 0 Å². The van der Waals surface area contributed by atoms with Gasteiger partial charge in [-0.25, -0.2) is 9.37 Å². The van der Waals surface area contributed by atoms with Gasteiger partial charge in [0.2, 0.25) is 0 Å². The van der Waals surface area contributed by atoms with Gasteiger partial charge in [-0.3, -0.25) is 0 Å². The topological polar surface area (TPSA) is 38.9 Å². The Morgan fingerprint density at radius 2 is 2.19 bits per heavy atom. The van der Waals surface area contributed by atoms with Crippen LogP contribution in [0.4, 0.5) is 9.52 Å². The molecule has 2 aromatic rings. The molecule has 0 aliphatic heterocycles. The summed E-state index contributed by atoms with van der Waals surface area (Å²) in [5.74, 6) is -0.188. The maximum atomic E-state index is 12.9. The lowest BCUT2D eigenvalue weighted by atomic mass is 10.1. The minimum Gasteiger partial charge on any atom is -0.375 e. The van der Waals surface area contributed by atoms with Crippen molar-refractivity contribution in [1.29, 1.82) is 0 Å². The SMILES string of the molecule is Cc1sc(N)nc1CCc1cccc(F)c1. The molecule has 0 amide bonds. The number of aromatic nitrogens is 1. The summed E-state index contributed by atoms with van der Waals surface area (Å²) < 4.78 is 12.9. The Hall–Kier alpha value is -1.42. The minimum atomic E-state index is -0.188. The number of halogens is 1. The van der Waals surface area contributed by atoms with Gasteiger partial charge in [-0.1, -0.05) is 12.1 Å². The summed E-state index contributed by atoms with van der Waals surface area (Å²) in [7, 11) is 0. The van der Waals surface area contributed by atoms with E-state index in [4.69, 9.17) is 5.73 Å². The number of rotatable bonds is 3. The maximum absolute atomic E-state index is 12.9. The van der Waals surface area contributed by atoms with Crippen molar-refractivity contribution in [3.63, 3.8) is 0 Å². The molecule has 1 aromatic heterocycles. The van der Waals surface area contributed by atoms with Crippen LogP contribution in [0.2, 0.25) is 0 Å². The van der Waals surface area contributed by atoms with E-state index in [1.165, 1.54) is 17.4 Å². The van der Waals surface area contributed by atoms with Gasteiger partial charge in [0, 0.05) is 4.88 Å². The maximum Gasteiger partial charge on any atom is 0.180 e. The molecule has 0 fully saturated rings. The number of anilines is 1. The standard InChI is InChI=1S/C12H13FN2S/c1-8-11(15-12(14)16-8)6-5-9-3-2-4-10(13)7-9/h2-4,7H,5-6H2,1H3,(H2,14,15). The Morgan fingerprint density at radius 3 is 2.81 bits per heavy atom. The predicted octanol–water partition coefficient (Wildman–Crippen LogP) is 2.96. The largest absolute Gasteiger partial charge is 0.375 e. The van der Waals surface area contributed by atoms with E-state index in [1.54, 1.807) is 12.1 Å². The van der Waals surface area contributed by atoms with Crippen molar-refractivity contribution >= 4 is 16.5 Å². The molecule has 2 rings (SSSR count). The predicted molar refractivity (Wildman–Crippen MR) is 65.1 cm³/mol. The molecule has 84 valence electrons. The van der Waals surface area contributed by atoms with Crippen molar-refractivity contribution < 1.29 is 4.39 Å². The first-order valence-corrected chi connectivity index (χ1v) is 5.93. The summed E-state index contributed by atoms with van der Waals surface area (Å²) in [4.78, 5) is 5.40. The smallest absolute Gasteiger partial charge is 0.180 e. The third-order valence-corrected chi connectivity index (χ3v) is 3.29. The van der Waals surface area contributed by atoms with E-state index in [-0.39, 0.29) is 5.82 Å². The Labute approximate surface area is 97.9 Å². The number of nitrogens with two attached hydrogens (primary N) is 1. The van der Waals surface area contributed by atoms with Crippen LogP contribution in [0, 0.1) is 12.7 Å². The lowest BCUT2D eigenvalue weighted by Crippen LogP contribution is -1.94. The Bertz CT molecular complexity index is 494. The van der Waals surface area contributed by atoms with Crippen LogP contribution in [0.1, 0.15) is 16.1 Å². The van der Waals surface area contributed by atoms with E-state index in [1.807, 2.05) is 13.0 Å². The quantitative estimate of drug-likeness (QED) is 0.889. The molecule has 2 nitrogen and oxygen atoms in total. The monoisotopic (exact) mass is 236 g/mol. The van der Waals surface area contributed by atoms with Gasteiger partial charge in [0.25, 0.3) is 0 Å². The molecule has 1 heterocycles. The van der Waals surface area contributed by atoms with Crippen LogP contribution in [0.5, 0.6) is 0 Å². The first-order chi connectivity index (χ1) is 7.65. The molecule has 0 atom stereocenters. The van der Waals surface area contributed by atoms with E-state index in [0.717, 1.165) is 29.0 Å². The van der Waals surface area contributed by atoms with Crippen molar-refractivity contribution in [2.75, 3.05) is 5.73 Å². The van der Waals surface area contributed by atoms with Gasteiger partial charge in [0.15, 0.2) is 5.13 Å². The zero-order valence-corrected chi connectivity index (χ0v) is 9.85. The van der Waals surface area contributed by atoms with Crippen molar-refractivity contribution in [3.05, 3.63) is 46.2 Å². The fraction of sp³-hybridized carbons (Fsp3) is 0.250. The number of hydrogen-bond donors (Lipinski definition) is 1. The van der Waals surface area contributed by atoms with Gasteiger partial charge in [-0.05, 0) is 37.5 Å². The van der Waals surface area contributed by atoms with Gasteiger partial charge in [0.05, 0.1) is 5.69 Å². The summed E-state index contributed by atoms with van der Waals surface area (Å²) in [5, 5.41) is 0.603. The highest BCUT2D eigenvalue weighted by Gasteiger charge is 2.05. The van der Waals surface area contributed by atoms with Gasteiger partial charge in [-0.2, -0.15) is 0 Å². The Balaban J connectivity index is 2.05. The van der Waals surface area contributed by atoms with Crippen LogP contribution in [0.3, 0.4) is 0 Å². The molecule has 0 aliphatic carbocycles. The zero-order valence-electron chi connectivity index (χ0n) is 9.03. The minimum absolute atomic E-state index is 0.188. The summed E-state index contributed by atoms with van der Waals surface area (Å²) in [5.41, 5.74) is 7.63. The second-order valence-corrected chi connectivity index (χ2v) is 4.92. The lowest BCUT2D eigenvalue weighted by Gasteiger charge is -2.00. The number of nitrogen functional groups attached to an aromatic ring is 1. The lowest BCUT2D eigenvalue weighted by molar-refractivity contribution is 0.625. The second-order valence-electron chi connectivity index (χ2n) is 3.68. The number of nitrogens with zero attached hydrogens (tertiary/aromatic N) is 1. The third-order valence-electron chi connectivity index (χ3n) is 2.45. The van der Waals surface area contributed by atoms with Crippen LogP contribution in [-0.2, 0) is 12.8 Å². The Kier molecular flexibility index (Phi) is 3.19. The average Bonchev–Trinajstić information content (AvgIpc) is 2.54. The highest BCUT2D eigenvalue weighted by molar-refractivity contribution is 7.15. The first kappa shape index (κ1) is 11.1. The molecule has 0 radical (unpaired) electrons. The highest BCUT2D eigenvalue weighted by Crippen LogP contribution is 2.20. The zero-order chi connectivity index (χ0) is 11.5. The Morgan fingerprint density at radius 1 is 1.38 bits per heavy atom. The third kappa shape index (κ3) is 2.58. The molecule has 0 spiro atoms. The number of hydrogen-bond acceptors (Lipinski definition) is 3. The summed E-state index contributed by atoms with van der Waals surface area (Å²) in [6.45, 7) is 2.01. The molecular formula is C12H13FN2S. The fourth-order valence-electron chi connectivity index (χ4n) is 1.64. The second kappa shape index (κ2) is 4.61. The van der Waals surface area contributed by atoms with Gasteiger partial charge in [0.1, 0.15) is 5.82 Å². The van der Waals surface area contributed by atoms with Crippen LogP contribution in [0.25, 0.3) is 0 Å². The number of benzene rings is 1. The van der Waals surface area contributed by atoms with Gasteiger partial charge in [-0.15, -0.1) is 11.3 Å². The van der Waals surface area contributed by atoms with Gasteiger partial charge < -0.3 is 5.73 Å². The van der Waals surface area contributed by atoms with Crippen molar-refractivity contribution in [2.45, 2.75) is 19.8 Å². The van der Waals surface area contributed by atoms with E-state index >= 15 is 0 Å². The highest BCUT2D eigenvalue weighted by atomic mass is 32.1. The molecule has 0 saturated heterocycles. The molecule has 0 saturated carbocycles. The van der Waals surface area contributed by atoms with Crippen molar-refractivity contribution in [1.82, 2.24) is 4.98 Å². The average molecular weight is 236 g/mol. The van der Waals surface area contributed by atoms with Crippen molar-refractivity contribution in [2.24, 2.45) is 0 Å². The normalized spacial score (nSPS) is 10.6. The van der Waals surface area contributed by atoms with Crippen molar-refractivity contribution in [3.8, 4) is 0 Å². The summed E-state index contributed by atoms with van der Waals surface area (Å²) in [6.07, 6.45) is 1.60. The van der Waals surface area contributed by atoms with Crippen LogP contribution in [0.15, 0.2) is 24.3 Å². The number of thiazole rings is 1. The van der Waals surface area contributed by atoms with E-state index in [0.29, 0.717) is 5.13 Å². The molecule has 0 aliphatic rings. The van der Waals surface area contributed by atoms with E-state index in [9.17, 15) is 4.39 Å². The molecule has 0 unspecified atom stereocenters. The first-order valence-electron chi connectivity index (χ1n) is 5.11. The summed E-state index contributed by atoms with van der Waals surface area (Å²) in [6, 6.07) is 6.67. The van der Waals surface area contributed by atoms with Gasteiger partial charge >= 0.3 is 0 Å². The number of aryl methyl sites for hydroxylation is 3. The molecular weight excluding hydrogens is 223 g/mol. The molecule has 0 bridgehead atoms. The molecule has 4 heteroatoms. The van der Waals surface area contributed by atoms with E-state index in [2.05, 4.69) is 4.98 Å². The molecule has 2 N–H and O–H groups in total. The van der Waals surface area contributed by atoms with Crippen LogP contribution in [-0.4, -0.2) is 4.98 Å².